The lowest BCUT2D eigenvalue weighted by molar-refractivity contribution is 0.681. The van der Waals surface area contributed by atoms with Gasteiger partial charge in [0.15, 0.2) is 5.82 Å². The zero-order chi connectivity index (χ0) is 18.5. The number of thiophene rings is 1. The second-order valence-electron chi connectivity index (χ2n) is 6.42. The molecule has 0 radical (unpaired) electrons. The van der Waals surface area contributed by atoms with Crippen molar-refractivity contribution in [1.82, 2.24) is 19.5 Å². The van der Waals surface area contributed by atoms with E-state index in [1.807, 2.05) is 17.0 Å². The molecule has 0 saturated heterocycles. The molecule has 0 bridgehead atoms. The summed E-state index contributed by atoms with van der Waals surface area (Å²) >= 11 is 3.09. The number of rotatable bonds is 5. The maximum atomic E-state index is 12.9. The van der Waals surface area contributed by atoms with Crippen molar-refractivity contribution in [2.75, 3.05) is 11.1 Å². The van der Waals surface area contributed by atoms with Crippen LogP contribution in [0.1, 0.15) is 19.8 Å². The highest BCUT2D eigenvalue weighted by molar-refractivity contribution is 7.87. The van der Waals surface area contributed by atoms with E-state index in [0.717, 1.165) is 60.7 Å². The van der Waals surface area contributed by atoms with E-state index in [1.165, 1.54) is 11.3 Å². The van der Waals surface area contributed by atoms with Gasteiger partial charge in [0.1, 0.15) is 19.7 Å². The highest BCUT2D eigenvalue weighted by atomic mass is 32.2. The van der Waals surface area contributed by atoms with E-state index >= 15 is 0 Å². The van der Waals surface area contributed by atoms with Gasteiger partial charge in [-0.25, -0.2) is 15.0 Å². The summed E-state index contributed by atoms with van der Waals surface area (Å²) in [6.45, 7) is 2.12. The standard InChI is InChI=1S/C18H17N5OS3/c1-3-4-7-27(24)18-13-12-10(14-15(22-13)20-9-23(14)2)8-11(21-17(12)26-18)16-19-5-6-25-16/h5-6,8-9,22H,3-4,7H2,1-2H3. The van der Waals surface area contributed by atoms with Crippen LogP contribution in [0.25, 0.3) is 32.2 Å². The van der Waals surface area contributed by atoms with Crippen LogP contribution in [0.2, 0.25) is 0 Å². The summed E-state index contributed by atoms with van der Waals surface area (Å²) in [4.78, 5) is 14.7. The van der Waals surface area contributed by atoms with Gasteiger partial charge in [-0.15, -0.1) is 22.7 Å². The zero-order valence-corrected chi connectivity index (χ0v) is 17.3. The van der Waals surface area contributed by atoms with E-state index in [-0.39, 0.29) is 0 Å². The Balaban J connectivity index is 1.78. The molecule has 1 atom stereocenters. The second kappa shape index (κ2) is 6.50. The molecule has 0 amide bonds. The summed E-state index contributed by atoms with van der Waals surface area (Å²) in [5.74, 6) is 1.47. The predicted octanol–water partition coefficient (Wildman–Crippen LogP) is 4.79. The van der Waals surface area contributed by atoms with Crippen molar-refractivity contribution >= 4 is 55.2 Å². The third-order valence-electron chi connectivity index (χ3n) is 4.61. The van der Waals surface area contributed by atoms with Crippen LogP contribution in [0.4, 0.5) is 11.5 Å². The third-order valence-corrected chi connectivity index (χ3v) is 8.37. The first-order valence-corrected chi connectivity index (χ1v) is 11.7. The Morgan fingerprint density at radius 2 is 2.22 bits per heavy atom. The van der Waals surface area contributed by atoms with Crippen LogP contribution in [-0.2, 0) is 17.8 Å². The Morgan fingerprint density at radius 3 is 3.00 bits per heavy atom. The number of thiazole rings is 1. The summed E-state index contributed by atoms with van der Waals surface area (Å²) in [5.41, 5.74) is 3.85. The average molecular weight is 416 g/mol. The van der Waals surface area contributed by atoms with Gasteiger partial charge in [0.25, 0.3) is 0 Å². The van der Waals surface area contributed by atoms with Gasteiger partial charge >= 0.3 is 0 Å². The highest BCUT2D eigenvalue weighted by Crippen LogP contribution is 2.50. The molecular weight excluding hydrogens is 398 g/mol. The average Bonchev–Trinajstić information content (AvgIpc) is 3.40. The Labute approximate surface area is 166 Å². The number of hydrogen-bond donors (Lipinski definition) is 1. The maximum Gasteiger partial charge on any atom is 0.156 e. The molecule has 5 heterocycles. The number of anilines is 2. The minimum atomic E-state index is -1.05. The first-order valence-electron chi connectivity index (χ1n) is 8.72. The van der Waals surface area contributed by atoms with Crippen molar-refractivity contribution in [2.24, 2.45) is 7.05 Å². The molecule has 1 aliphatic rings. The van der Waals surface area contributed by atoms with Crippen LogP contribution in [0, 0.1) is 0 Å². The lowest BCUT2D eigenvalue weighted by Gasteiger charge is -2.17. The number of unbranched alkanes of at least 4 members (excludes halogenated alkanes) is 1. The molecular formula is C18H17N5OS3. The number of imidazole rings is 1. The summed E-state index contributed by atoms with van der Waals surface area (Å²) in [7, 11) is 0.940. The normalized spacial score (nSPS) is 13.6. The topological polar surface area (TPSA) is 72.7 Å². The predicted molar refractivity (Wildman–Crippen MR) is 112 cm³/mol. The molecule has 4 aromatic heterocycles. The van der Waals surface area contributed by atoms with Crippen molar-refractivity contribution in [2.45, 2.75) is 24.0 Å². The van der Waals surface area contributed by atoms with Crippen LogP contribution in [0.3, 0.4) is 0 Å². The molecule has 138 valence electrons. The molecule has 0 aromatic carbocycles. The first kappa shape index (κ1) is 17.0. The molecule has 0 saturated carbocycles. The van der Waals surface area contributed by atoms with Gasteiger partial charge in [-0.3, -0.25) is 4.21 Å². The summed E-state index contributed by atoms with van der Waals surface area (Å²) in [5, 5.41) is 7.30. The van der Waals surface area contributed by atoms with Crippen molar-refractivity contribution in [1.29, 1.82) is 0 Å². The minimum Gasteiger partial charge on any atom is -0.336 e. The van der Waals surface area contributed by atoms with Gasteiger partial charge in [-0.1, -0.05) is 13.3 Å². The lowest BCUT2D eigenvalue weighted by atomic mass is 10.0. The number of hydrogen-bond acceptors (Lipinski definition) is 7. The Kier molecular flexibility index (Phi) is 4.10. The fourth-order valence-electron chi connectivity index (χ4n) is 3.32. The molecule has 27 heavy (non-hydrogen) atoms. The Hall–Kier alpha value is -2.10. The first-order chi connectivity index (χ1) is 13.2. The van der Waals surface area contributed by atoms with E-state index in [4.69, 9.17) is 4.98 Å². The molecule has 4 aromatic rings. The molecule has 1 aliphatic heterocycles. The van der Waals surface area contributed by atoms with Crippen LogP contribution in [0.15, 0.2) is 28.2 Å². The molecule has 0 aliphatic carbocycles. The van der Waals surface area contributed by atoms with E-state index in [2.05, 4.69) is 28.3 Å². The van der Waals surface area contributed by atoms with Crippen LogP contribution < -0.4 is 5.32 Å². The largest absolute Gasteiger partial charge is 0.336 e. The summed E-state index contributed by atoms with van der Waals surface area (Å²) in [6, 6.07) is 2.08. The molecule has 0 fully saturated rings. The zero-order valence-electron chi connectivity index (χ0n) is 14.9. The van der Waals surface area contributed by atoms with E-state index < -0.39 is 10.8 Å². The van der Waals surface area contributed by atoms with Crippen molar-refractivity contribution in [3.05, 3.63) is 24.0 Å². The van der Waals surface area contributed by atoms with Gasteiger partial charge in [0.2, 0.25) is 0 Å². The summed E-state index contributed by atoms with van der Waals surface area (Å²) in [6.07, 6.45) is 5.57. The molecule has 1 N–H and O–H groups in total. The molecule has 6 nitrogen and oxygen atoms in total. The smallest absolute Gasteiger partial charge is 0.156 e. The van der Waals surface area contributed by atoms with Crippen LogP contribution >= 0.6 is 22.7 Å². The maximum absolute atomic E-state index is 12.9. The van der Waals surface area contributed by atoms with Gasteiger partial charge in [-0.05, 0) is 12.5 Å². The van der Waals surface area contributed by atoms with Gasteiger partial charge < -0.3 is 9.88 Å². The number of nitrogens with zero attached hydrogens (tertiary/aromatic N) is 4. The number of fused-ring (bicyclic) bond motifs is 2. The van der Waals surface area contributed by atoms with Crippen molar-refractivity contribution in [3.63, 3.8) is 0 Å². The quantitative estimate of drug-likeness (QED) is 0.447. The van der Waals surface area contributed by atoms with Gasteiger partial charge in [0.05, 0.1) is 28.5 Å². The fourth-order valence-corrected chi connectivity index (χ4v) is 6.79. The summed E-state index contributed by atoms with van der Waals surface area (Å²) < 4.78 is 15.8. The molecule has 0 spiro atoms. The van der Waals surface area contributed by atoms with Crippen molar-refractivity contribution in [3.8, 4) is 22.0 Å². The molecule has 5 rings (SSSR count). The molecule has 1 unspecified atom stereocenters. The van der Waals surface area contributed by atoms with E-state index in [0.29, 0.717) is 5.75 Å². The number of pyridine rings is 1. The van der Waals surface area contributed by atoms with E-state index in [1.54, 1.807) is 23.9 Å². The van der Waals surface area contributed by atoms with Gasteiger partial charge in [-0.2, -0.15) is 0 Å². The SMILES string of the molecule is CCCCS(=O)c1sc2nc(-c3nccs3)cc3c2c1Nc1ncn(C)c1-3. The monoisotopic (exact) mass is 415 g/mol. The number of aryl methyl sites for hydroxylation is 1. The number of aromatic nitrogens is 4. The van der Waals surface area contributed by atoms with E-state index in [9.17, 15) is 4.21 Å². The van der Waals surface area contributed by atoms with Crippen molar-refractivity contribution < 1.29 is 4.21 Å². The fraction of sp³-hybridized carbons (Fsp3) is 0.278. The second-order valence-corrected chi connectivity index (χ2v) is 10.1. The van der Waals surface area contributed by atoms with Crippen LogP contribution in [0.5, 0.6) is 0 Å². The van der Waals surface area contributed by atoms with Gasteiger partial charge in [0, 0.05) is 35.3 Å². The Bertz CT molecular complexity index is 1180. The minimum absolute atomic E-state index is 0.668. The van der Waals surface area contributed by atoms with Crippen LogP contribution in [-0.4, -0.2) is 29.5 Å². The highest BCUT2D eigenvalue weighted by Gasteiger charge is 2.29. The lowest BCUT2D eigenvalue weighted by Crippen LogP contribution is -2.05. The number of nitrogens with one attached hydrogen (secondary N) is 1. The third kappa shape index (κ3) is 2.64. The Morgan fingerprint density at radius 1 is 1.33 bits per heavy atom. The molecule has 9 heteroatoms.